The molecule has 1 heterocycles. The standard InChI is InChI=1S/C8H13N3O2/c1-13-6-2-3-8(12)10-7-4-5-9-11-7/h4-5H,2-3,6H2,1H3,(H2,9,10,11,12). The summed E-state index contributed by atoms with van der Waals surface area (Å²) in [5, 5.41) is 9.02. The Kier molecular flexibility index (Phi) is 3.98. The van der Waals surface area contributed by atoms with Gasteiger partial charge in [-0.1, -0.05) is 0 Å². The fourth-order valence-corrected chi connectivity index (χ4v) is 0.915. The van der Waals surface area contributed by atoms with Crippen molar-refractivity contribution in [1.82, 2.24) is 10.2 Å². The third kappa shape index (κ3) is 3.71. The Balaban J connectivity index is 2.18. The van der Waals surface area contributed by atoms with Crippen molar-refractivity contribution in [2.75, 3.05) is 19.0 Å². The number of H-pyrrole nitrogens is 1. The third-order valence-corrected chi connectivity index (χ3v) is 1.53. The van der Waals surface area contributed by atoms with E-state index in [1.807, 2.05) is 0 Å². The van der Waals surface area contributed by atoms with Crippen molar-refractivity contribution in [2.45, 2.75) is 12.8 Å². The Labute approximate surface area is 76.5 Å². The lowest BCUT2D eigenvalue weighted by molar-refractivity contribution is -0.116. The molecule has 0 aliphatic rings. The number of carbonyl (C=O) groups excluding carboxylic acids is 1. The Morgan fingerprint density at radius 3 is 3.23 bits per heavy atom. The van der Waals surface area contributed by atoms with E-state index in [-0.39, 0.29) is 5.91 Å². The molecule has 0 unspecified atom stereocenters. The van der Waals surface area contributed by atoms with Crippen molar-refractivity contribution in [3.8, 4) is 0 Å². The van der Waals surface area contributed by atoms with E-state index in [4.69, 9.17) is 4.74 Å². The Hall–Kier alpha value is -1.36. The fraction of sp³-hybridized carbons (Fsp3) is 0.500. The maximum absolute atomic E-state index is 11.2. The molecule has 0 saturated heterocycles. The monoisotopic (exact) mass is 183 g/mol. The minimum Gasteiger partial charge on any atom is -0.385 e. The van der Waals surface area contributed by atoms with E-state index in [1.54, 1.807) is 19.4 Å². The van der Waals surface area contributed by atoms with Crippen LogP contribution in [0.15, 0.2) is 12.3 Å². The zero-order valence-corrected chi connectivity index (χ0v) is 7.54. The highest BCUT2D eigenvalue weighted by molar-refractivity contribution is 5.89. The molecule has 13 heavy (non-hydrogen) atoms. The number of nitrogens with zero attached hydrogens (tertiary/aromatic N) is 1. The first-order valence-corrected chi connectivity index (χ1v) is 4.11. The molecule has 2 N–H and O–H groups in total. The first kappa shape index (κ1) is 9.73. The number of methoxy groups -OCH3 is 1. The molecule has 0 radical (unpaired) electrons. The number of aromatic amines is 1. The zero-order chi connectivity index (χ0) is 9.52. The van der Waals surface area contributed by atoms with Gasteiger partial charge in [0.2, 0.25) is 5.91 Å². The van der Waals surface area contributed by atoms with Gasteiger partial charge in [0.25, 0.3) is 0 Å². The van der Waals surface area contributed by atoms with Crippen molar-refractivity contribution < 1.29 is 9.53 Å². The molecule has 5 heteroatoms. The molecule has 0 saturated carbocycles. The van der Waals surface area contributed by atoms with E-state index in [2.05, 4.69) is 15.5 Å². The summed E-state index contributed by atoms with van der Waals surface area (Å²) in [7, 11) is 1.62. The summed E-state index contributed by atoms with van der Waals surface area (Å²) >= 11 is 0. The largest absolute Gasteiger partial charge is 0.385 e. The van der Waals surface area contributed by atoms with Gasteiger partial charge in [-0.2, -0.15) is 5.10 Å². The number of hydrogen-bond donors (Lipinski definition) is 2. The zero-order valence-electron chi connectivity index (χ0n) is 7.54. The topological polar surface area (TPSA) is 67.0 Å². The van der Waals surface area contributed by atoms with Gasteiger partial charge in [0.05, 0.1) is 6.20 Å². The predicted octanol–water partition coefficient (Wildman–Crippen LogP) is 0.775. The quantitative estimate of drug-likeness (QED) is 0.663. The number of amides is 1. The Morgan fingerprint density at radius 2 is 2.62 bits per heavy atom. The van der Waals surface area contributed by atoms with Gasteiger partial charge in [-0.05, 0) is 6.42 Å². The minimum atomic E-state index is -0.0266. The van der Waals surface area contributed by atoms with Crippen LogP contribution in [0.3, 0.4) is 0 Å². The number of nitrogens with one attached hydrogen (secondary N) is 2. The van der Waals surface area contributed by atoms with Gasteiger partial charge in [0.15, 0.2) is 0 Å². The van der Waals surface area contributed by atoms with E-state index in [9.17, 15) is 4.79 Å². The van der Waals surface area contributed by atoms with Gasteiger partial charge < -0.3 is 10.1 Å². The van der Waals surface area contributed by atoms with Crippen molar-refractivity contribution in [3.63, 3.8) is 0 Å². The van der Waals surface area contributed by atoms with E-state index < -0.39 is 0 Å². The molecule has 1 amide bonds. The van der Waals surface area contributed by atoms with Crippen molar-refractivity contribution in [1.29, 1.82) is 0 Å². The molecule has 0 fully saturated rings. The Bertz CT molecular complexity index is 246. The van der Waals surface area contributed by atoms with Crippen LogP contribution in [0.4, 0.5) is 5.82 Å². The maximum Gasteiger partial charge on any atom is 0.225 e. The number of ether oxygens (including phenoxy) is 1. The predicted molar refractivity (Wildman–Crippen MR) is 48.3 cm³/mol. The summed E-state index contributed by atoms with van der Waals surface area (Å²) in [6.45, 7) is 0.608. The molecule has 0 spiro atoms. The van der Waals surface area contributed by atoms with Gasteiger partial charge in [-0.15, -0.1) is 0 Å². The summed E-state index contributed by atoms with van der Waals surface area (Å²) in [5.74, 6) is 0.601. The molecule has 72 valence electrons. The van der Waals surface area contributed by atoms with Crippen LogP contribution in [0, 0.1) is 0 Å². The van der Waals surface area contributed by atoms with Crippen LogP contribution in [0.5, 0.6) is 0 Å². The minimum absolute atomic E-state index is 0.0266. The number of rotatable bonds is 5. The van der Waals surface area contributed by atoms with Gasteiger partial charge in [-0.25, -0.2) is 0 Å². The van der Waals surface area contributed by atoms with Gasteiger partial charge in [-0.3, -0.25) is 9.89 Å². The summed E-state index contributed by atoms with van der Waals surface area (Å²) < 4.78 is 4.83. The first-order valence-electron chi connectivity index (χ1n) is 4.11. The highest BCUT2D eigenvalue weighted by atomic mass is 16.5. The molecular weight excluding hydrogens is 170 g/mol. The van der Waals surface area contributed by atoms with Crippen LogP contribution in [0.1, 0.15) is 12.8 Å². The normalized spacial score (nSPS) is 9.92. The lowest BCUT2D eigenvalue weighted by atomic mass is 10.3. The van der Waals surface area contributed by atoms with Crippen molar-refractivity contribution in [2.24, 2.45) is 0 Å². The second-order valence-corrected chi connectivity index (χ2v) is 2.61. The van der Waals surface area contributed by atoms with Gasteiger partial charge in [0, 0.05) is 26.2 Å². The summed E-state index contributed by atoms with van der Waals surface area (Å²) in [6.07, 6.45) is 2.79. The molecular formula is C8H13N3O2. The second-order valence-electron chi connectivity index (χ2n) is 2.61. The molecule has 5 nitrogen and oxygen atoms in total. The van der Waals surface area contributed by atoms with Crippen LogP contribution >= 0.6 is 0 Å². The SMILES string of the molecule is COCCCC(=O)Nc1ccn[nH]1. The van der Waals surface area contributed by atoms with E-state index >= 15 is 0 Å². The van der Waals surface area contributed by atoms with E-state index in [0.29, 0.717) is 18.8 Å². The van der Waals surface area contributed by atoms with Crippen LogP contribution in [-0.2, 0) is 9.53 Å². The molecule has 0 bridgehead atoms. The number of carbonyl (C=O) groups is 1. The summed E-state index contributed by atoms with van der Waals surface area (Å²) in [4.78, 5) is 11.2. The molecule has 0 aromatic carbocycles. The molecule has 0 aliphatic carbocycles. The molecule has 0 atom stereocenters. The average molecular weight is 183 g/mol. The third-order valence-electron chi connectivity index (χ3n) is 1.53. The lowest BCUT2D eigenvalue weighted by Crippen LogP contribution is -2.12. The smallest absolute Gasteiger partial charge is 0.225 e. The first-order chi connectivity index (χ1) is 6.33. The second kappa shape index (κ2) is 5.31. The van der Waals surface area contributed by atoms with Gasteiger partial charge >= 0.3 is 0 Å². The molecule has 0 aliphatic heterocycles. The fourth-order valence-electron chi connectivity index (χ4n) is 0.915. The number of aromatic nitrogens is 2. The molecule has 1 aromatic heterocycles. The van der Waals surface area contributed by atoms with Crippen LogP contribution in [0.25, 0.3) is 0 Å². The van der Waals surface area contributed by atoms with Crippen LogP contribution < -0.4 is 5.32 Å². The highest BCUT2D eigenvalue weighted by Gasteiger charge is 2.01. The summed E-state index contributed by atoms with van der Waals surface area (Å²) in [6, 6.07) is 1.70. The Morgan fingerprint density at radius 1 is 1.77 bits per heavy atom. The molecule has 1 rings (SSSR count). The molecule has 1 aromatic rings. The average Bonchev–Trinajstić information content (AvgIpc) is 2.57. The maximum atomic E-state index is 11.2. The van der Waals surface area contributed by atoms with Crippen molar-refractivity contribution >= 4 is 11.7 Å². The van der Waals surface area contributed by atoms with E-state index in [1.165, 1.54) is 0 Å². The number of anilines is 1. The van der Waals surface area contributed by atoms with Crippen molar-refractivity contribution in [3.05, 3.63) is 12.3 Å². The van der Waals surface area contributed by atoms with Gasteiger partial charge in [0.1, 0.15) is 5.82 Å². The summed E-state index contributed by atoms with van der Waals surface area (Å²) in [5.41, 5.74) is 0. The van der Waals surface area contributed by atoms with E-state index in [0.717, 1.165) is 6.42 Å². The number of hydrogen-bond acceptors (Lipinski definition) is 3. The highest BCUT2D eigenvalue weighted by Crippen LogP contribution is 2.00. The van der Waals surface area contributed by atoms with Crippen LogP contribution in [-0.4, -0.2) is 29.8 Å². The lowest BCUT2D eigenvalue weighted by Gasteiger charge is -2.01. The van der Waals surface area contributed by atoms with Crippen LogP contribution in [0.2, 0.25) is 0 Å².